The number of aryl methyl sites for hydroxylation is 2. The predicted molar refractivity (Wildman–Crippen MR) is 62.9 cm³/mol. The van der Waals surface area contributed by atoms with Crippen LogP contribution in [-0.4, -0.2) is 15.1 Å². The Hall–Kier alpha value is -1.74. The molecule has 2 aromatic rings. The lowest BCUT2D eigenvalue weighted by Gasteiger charge is -2.05. The second kappa shape index (κ2) is 4.41. The number of aliphatic hydroxyl groups excluding tert-OH is 1. The van der Waals surface area contributed by atoms with Gasteiger partial charge in [0, 0.05) is 6.20 Å². The van der Waals surface area contributed by atoms with Crippen LogP contribution in [0.3, 0.4) is 0 Å². The van der Waals surface area contributed by atoms with Crippen molar-refractivity contribution in [2.75, 3.05) is 0 Å². The Bertz CT molecular complexity index is 492. The van der Waals surface area contributed by atoms with E-state index >= 15 is 0 Å². The number of rotatable bonds is 2. The highest BCUT2D eigenvalue weighted by molar-refractivity contribution is 5.54. The summed E-state index contributed by atoms with van der Waals surface area (Å²) in [6.07, 6.45) is 1.81. The van der Waals surface area contributed by atoms with Crippen LogP contribution in [0.4, 0.5) is 0 Å². The van der Waals surface area contributed by atoms with Gasteiger partial charge in [0.05, 0.1) is 23.7 Å². The maximum atomic E-state index is 9.15. The Morgan fingerprint density at radius 3 is 2.44 bits per heavy atom. The molecule has 82 valence electrons. The summed E-state index contributed by atoms with van der Waals surface area (Å²) in [4.78, 5) is 8.69. The third-order valence-corrected chi connectivity index (χ3v) is 2.53. The quantitative estimate of drug-likeness (QED) is 0.834. The molecule has 16 heavy (non-hydrogen) atoms. The molecular formula is C13H14N2O. The molecule has 0 fully saturated rings. The van der Waals surface area contributed by atoms with Gasteiger partial charge < -0.3 is 5.11 Å². The Morgan fingerprint density at radius 2 is 1.81 bits per heavy atom. The van der Waals surface area contributed by atoms with Gasteiger partial charge in [-0.1, -0.05) is 12.1 Å². The summed E-state index contributed by atoms with van der Waals surface area (Å²) in [6.45, 7) is 3.90. The minimum absolute atomic E-state index is 0.0362. The molecule has 0 spiro atoms. The number of hydrogen-bond acceptors (Lipinski definition) is 3. The molecule has 0 unspecified atom stereocenters. The van der Waals surface area contributed by atoms with Crippen LogP contribution in [0.25, 0.3) is 11.4 Å². The summed E-state index contributed by atoms with van der Waals surface area (Å²) in [5, 5.41) is 9.15. The summed E-state index contributed by atoms with van der Waals surface area (Å²) in [5.74, 6) is 0. The fourth-order valence-electron chi connectivity index (χ4n) is 1.49. The Morgan fingerprint density at radius 1 is 1.06 bits per heavy atom. The number of nitrogens with zero attached hydrogens (tertiary/aromatic N) is 2. The zero-order valence-corrected chi connectivity index (χ0v) is 9.44. The maximum absolute atomic E-state index is 9.15. The second-order valence-electron chi connectivity index (χ2n) is 3.84. The first kappa shape index (κ1) is 10.8. The number of aromatic nitrogens is 2. The standard InChI is InChI=1S/C13H14N2O/c1-9-3-5-11(14-7-9)12-6-4-10(2)13(8-16)15-12/h3-7,16H,8H2,1-2H3. The summed E-state index contributed by atoms with van der Waals surface area (Å²) in [6, 6.07) is 7.82. The van der Waals surface area contributed by atoms with Gasteiger partial charge >= 0.3 is 0 Å². The number of pyridine rings is 2. The van der Waals surface area contributed by atoms with E-state index < -0.39 is 0 Å². The van der Waals surface area contributed by atoms with Crippen molar-refractivity contribution in [3.63, 3.8) is 0 Å². The molecule has 0 amide bonds. The first-order chi connectivity index (χ1) is 7.70. The molecule has 0 atom stereocenters. The number of hydrogen-bond donors (Lipinski definition) is 1. The molecule has 1 N–H and O–H groups in total. The number of aliphatic hydroxyl groups is 1. The van der Waals surface area contributed by atoms with Gasteiger partial charge in [0.25, 0.3) is 0 Å². The first-order valence-corrected chi connectivity index (χ1v) is 5.21. The van der Waals surface area contributed by atoms with E-state index in [9.17, 15) is 0 Å². The highest BCUT2D eigenvalue weighted by atomic mass is 16.3. The van der Waals surface area contributed by atoms with E-state index in [1.807, 2.05) is 44.3 Å². The lowest BCUT2D eigenvalue weighted by Crippen LogP contribution is -1.96. The monoisotopic (exact) mass is 214 g/mol. The lowest BCUT2D eigenvalue weighted by atomic mass is 10.1. The highest BCUT2D eigenvalue weighted by Crippen LogP contribution is 2.16. The van der Waals surface area contributed by atoms with Gasteiger partial charge in [-0.15, -0.1) is 0 Å². The van der Waals surface area contributed by atoms with Gasteiger partial charge in [0.2, 0.25) is 0 Å². The first-order valence-electron chi connectivity index (χ1n) is 5.21. The molecule has 2 heterocycles. The molecule has 0 radical (unpaired) electrons. The zero-order chi connectivity index (χ0) is 11.5. The van der Waals surface area contributed by atoms with Crippen molar-refractivity contribution in [3.05, 3.63) is 47.3 Å². The van der Waals surface area contributed by atoms with Gasteiger partial charge in [0.1, 0.15) is 0 Å². The van der Waals surface area contributed by atoms with Gasteiger partial charge in [0.15, 0.2) is 0 Å². The van der Waals surface area contributed by atoms with E-state index in [0.717, 1.165) is 22.5 Å². The summed E-state index contributed by atoms with van der Waals surface area (Å²) in [5.41, 5.74) is 4.46. The molecule has 2 aromatic heterocycles. The average molecular weight is 214 g/mol. The molecule has 2 rings (SSSR count). The minimum Gasteiger partial charge on any atom is -0.390 e. The molecule has 3 heteroatoms. The molecule has 0 bridgehead atoms. The van der Waals surface area contributed by atoms with Gasteiger partial charge in [-0.25, -0.2) is 4.98 Å². The Labute approximate surface area is 94.8 Å². The van der Waals surface area contributed by atoms with Crippen molar-refractivity contribution in [1.29, 1.82) is 0 Å². The molecule has 0 aliphatic rings. The molecule has 0 saturated heterocycles. The molecule has 0 aliphatic heterocycles. The lowest BCUT2D eigenvalue weighted by molar-refractivity contribution is 0.276. The topological polar surface area (TPSA) is 46.0 Å². The summed E-state index contributed by atoms with van der Waals surface area (Å²) in [7, 11) is 0. The Kier molecular flexibility index (Phi) is 2.97. The highest BCUT2D eigenvalue weighted by Gasteiger charge is 2.04. The molecule has 0 saturated carbocycles. The van der Waals surface area contributed by atoms with Crippen LogP contribution in [0.15, 0.2) is 30.5 Å². The summed E-state index contributed by atoms with van der Waals surface area (Å²) < 4.78 is 0. The smallest absolute Gasteiger partial charge is 0.0890 e. The van der Waals surface area contributed by atoms with Gasteiger partial charge in [-0.3, -0.25) is 4.98 Å². The van der Waals surface area contributed by atoms with Crippen molar-refractivity contribution in [3.8, 4) is 11.4 Å². The van der Waals surface area contributed by atoms with Crippen molar-refractivity contribution >= 4 is 0 Å². The van der Waals surface area contributed by atoms with Crippen molar-refractivity contribution in [1.82, 2.24) is 9.97 Å². The van der Waals surface area contributed by atoms with Crippen molar-refractivity contribution in [2.45, 2.75) is 20.5 Å². The van der Waals surface area contributed by atoms with Crippen molar-refractivity contribution < 1.29 is 5.11 Å². The van der Waals surface area contributed by atoms with Crippen LogP contribution < -0.4 is 0 Å². The van der Waals surface area contributed by atoms with E-state index in [2.05, 4.69) is 9.97 Å². The molecule has 0 aromatic carbocycles. The van der Waals surface area contributed by atoms with Crippen LogP contribution in [0.2, 0.25) is 0 Å². The molecule has 0 aliphatic carbocycles. The Balaban J connectivity index is 2.44. The normalized spacial score (nSPS) is 10.4. The van der Waals surface area contributed by atoms with Crippen LogP contribution in [-0.2, 0) is 6.61 Å². The van der Waals surface area contributed by atoms with E-state index in [0.29, 0.717) is 5.69 Å². The zero-order valence-electron chi connectivity index (χ0n) is 9.44. The second-order valence-corrected chi connectivity index (χ2v) is 3.84. The fraction of sp³-hybridized carbons (Fsp3) is 0.231. The van der Waals surface area contributed by atoms with Crippen LogP contribution in [0, 0.1) is 13.8 Å². The maximum Gasteiger partial charge on any atom is 0.0890 e. The van der Waals surface area contributed by atoms with E-state index in [4.69, 9.17) is 5.11 Å². The van der Waals surface area contributed by atoms with Gasteiger partial charge in [-0.05, 0) is 37.1 Å². The SMILES string of the molecule is Cc1ccc(-c2ccc(C)c(CO)n2)nc1. The minimum atomic E-state index is -0.0362. The predicted octanol–water partition coefficient (Wildman–Crippen LogP) is 2.25. The van der Waals surface area contributed by atoms with E-state index in [1.54, 1.807) is 0 Å². The fourth-order valence-corrected chi connectivity index (χ4v) is 1.49. The largest absolute Gasteiger partial charge is 0.390 e. The third-order valence-electron chi connectivity index (χ3n) is 2.53. The third kappa shape index (κ3) is 2.09. The van der Waals surface area contributed by atoms with E-state index in [1.165, 1.54) is 0 Å². The summed E-state index contributed by atoms with van der Waals surface area (Å²) >= 11 is 0. The van der Waals surface area contributed by atoms with Crippen LogP contribution in [0.1, 0.15) is 16.8 Å². The van der Waals surface area contributed by atoms with Crippen LogP contribution >= 0.6 is 0 Å². The van der Waals surface area contributed by atoms with Crippen LogP contribution in [0.5, 0.6) is 0 Å². The van der Waals surface area contributed by atoms with Gasteiger partial charge in [-0.2, -0.15) is 0 Å². The molecular weight excluding hydrogens is 200 g/mol. The van der Waals surface area contributed by atoms with E-state index in [-0.39, 0.29) is 6.61 Å². The van der Waals surface area contributed by atoms with Crippen molar-refractivity contribution in [2.24, 2.45) is 0 Å². The average Bonchev–Trinajstić information content (AvgIpc) is 2.31. The molecule has 3 nitrogen and oxygen atoms in total.